The van der Waals surface area contributed by atoms with Crippen LogP contribution in [0.2, 0.25) is 0 Å². The number of carbonyl (C=O) groups is 2. The number of rotatable bonds is 8. The van der Waals surface area contributed by atoms with Gasteiger partial charge in [-0.2, -0.15) is 0 Å². The molecule has 0 radical (unpaired) electrons. The maximum Gasteiger partial charge on any atom is 0.271 e. The summed E-state index contributed by atoms with van der Waals surface area (Å²) in [4.78, 5) is 31.3. The SMILES string of the molecule is CN(C)CCCCCN1C(=O)c2cc3occc3n2CC1(C)C(=O)NC1CCCCCC1. The van der Waals surface area contributed by atoms with E-state index in [0.29, 0.717) is 24.4 Å². The van der Waals surface area contributed by atoms with E-state index in [-0.39, 0.29) is 17.9 Å². The number of fused-ring (bicyclic) bond motifs is 3. The Labute approximate surface area is 191 Å². The Morgan fingerprint density at radius 3 is 2.66 bits per heavy atom. The molecule has 7 nitrogen and oxygen atoms in total. The predicted molar refractivity (Wildman–Crippen MR) is 126 cm³/mol. The van der Waals surface area contributed by atoms with Crippen molar-refractivity contribution in [2.45, 2.75) is 82.8 Å². The van der Waals surface area contributed by atoms with Gasteiger partial charge in [0, 0.05) is 24.7 Å². The minimum absolute atomic E-state index is 0.0259. The Hall–Kier alpha value is -2.28. The molecular formula is C25H38N4O3. The first-order valence-corrected chi connectivity index (χ1v) is 12.2. The van der Waals surface area contributed by atoms with Crippen LogP contribution in [0.25, 0.3) is 11.1 Å². The highest BCUT2D eigenvalue weighted by atomic mass is 16.3. The average molecular weight is 443 g/mol. The van der Waals surface area contributed by atoms with Crippen molar-refractivity contribution >= 4 is 22.9 Å². The van der Waals surface area contributed by atoms with Crippen LogP contribution in [-0.2, 0) is 11.3 Å². The van der Waals surface area contributed by atoms with Crippen LogP contribution in [0.1, 0.15) is 75.2 Å². The lowest BCUT2D eigenvalue weighted by Gasteiger charge is -2.44. The van der Waals surface area contributed by atoms with E-state index in [0.717, 1.165) is 57.0 Å². The summed E-state index contributed by atoms with van der Waals surface area (Å²) >= 11 is 0. The molecule has 2 aromatic heterocycles. The minimum Gasteiger partial charge on any atom is -0.463 e. The number of aromatic nitrogens is 1. The molecule has 176 valence electrons. The van der Waals surface area contributed by atoms with Gasteiger partial charge in [-0.15, -0.1) is 0 Å². The van der Waals surface area contributed by atoms with Crippen LogP contribution < -0.4 is 5.32 Å². The van der Waals surface area contributed by atoms with Gasteiger partial charge in [0.1, 0.15) is 11.2 Å². The van der Waals surface area contributed by atoms with Crippen molar-refractivity contribution < 1.29 is 14.0 Å². The lowest BCUT2D eigenvalue weighted by atomic mass is 9.93. The molecule has 1 saturated carbocycles. The highest BCUT2D eigenvalue weighted by molar-refractivity contribution is 6.02. The normalized spacial score (nSPS) is 22.4. The summed E-state index contributed by atoms with van der Waals surface area (Å²) in [5, 5.41) is 3.32. The van der Waals surface area contributed by atoms with Gasteiger partial charge in [-0.1, -0.05) is 32.1 Å². The third-order valence-electron chi connectivity index (χ3n) is 7.22. The molecule has 0 saturated heterocycles. The zero-order valence-corrected chi connectivity index (χ0v) is 19.9. The smallest absolute Gasteiger partial charge is 0.271 e. The Balaban J connectivity index is 1.56. The highest BCUT2D eigenvalue weighted by Gasteiger charge is 2.48. The molecule has 0 bridgehead atoms. The molecule has 1 N–H and O–H groups in total. The van der Waals surface area contributed by atoms with Crippen LogP contribution in [0.5, 0.6) is 0 Å². The molecule has 2 amide bonds. The number of hydrogen-bond donors (Lipinski definition) is 1. The van der Waals surface area contributed by atoms with Crippen LogP contribution in [0.3, 0.4) is 0 Å². The number of carbonyl (C=O) groups excluding carboxylic acids is 2. The van der Waals surface area contributed by atoms with Crippen LogP contribution in [0.15, 0.2) is 22.8 Å². The summed E-state index contributed by atoms with van der Waals surface area (Å²) in [6.45, 7) is 4.01. The molecular weight excluding hydrogens is 404 g/mol. The molecule has 2 aromatic rings. The second-order valence-electron chi connectivity index (χ2n) is 10.0. The van der Waals surface area contributed by atoms with Gasteiger partial charge in [-0.25, -0.2) is 0 Å². The van der Waals surface area contributed by atoms with E-state index in [1.165, 1.54) is 12.8 Å². The summed E-state index contributed by atoms with van der Waals surface area (Å²) in [6, 6.07) is 3.91. The maximum atomic E-state index is 13.7. The van der Waals surface area contributed by atoms with Gasteiger partial charge in [0.25, 0.3) is 5.91 Å². The number of hydrogen-bond acceptors (Lipinski definition) is 4. The second kappa shape index (κ2) is 9.69. The van der Waals surface area contributed by atoms with Crippen molar-refractivity contribution in [3.63, 3.8) is 0 Å². The second-order valence-corrected chi connectivity index (χ2v) is 10.0. The summed E-state index contributed by atoms with van der Waals surface area (Å²) < 4.78 is 7.53. The number of amides is 2. The maximum absolute atomic E-state index is 13.7. The first kappa shape index (κ1) is 22.9. The standard InChI is InChI=1S/C25H38N4O3/c1-25(24(31)26-19-11-7-4-5-8-12-19)18-28-20-13-16-32-22(20)17-21(28)23(30)29(25)15-10-6-9-14-27(2)3/h13,16-17,19H,4-12,14-15,18H2,1-3H3,(H,26,31). The van der Waals surface area contributed by atoms with Crippen molar-refractivity contribution in [2.24, 2.45) is 0 Å². The molecule has 4 rings (SSSR count). The topological polar surface area (TPSA) is 70.7 Å². The third kappa shape index (κ3) is 4.58. The molecule has 1 atom stereocenters. The van der Waals surface area contributed by atoms with Crippen LogP contribution >= 0.6 is 0 Å². The van der Waals surface area contributed by atoms with Gasteiger partial charge < -0.3 is 24.1 Å². The molecule has 2 aliphatic rings. The largest absolute Gasteiger partial charge is 0.463 e. The summed E-state index contributed by atoms with van der Waals surface area (Å²) in [5.74, 6) is -0.101. The van der Waals surface area contributed by atoms with Gasteiger partial charge in [0.15, 0.2) is 5.58 Å². The van der Waals surface area contributed by atoms with Crippen molar-refractivity contribution in [1.29, 1.82) is 0 Å². The minimum atomic E-state index is -0.916. The first-order chi connectivity index (χ1) is 15.4. The summed E-state index contributed by atoms with van der Waals surface area (Å²) in [6.07, 6.45) is 11.5. The van der Waals surface area contributed by atoms with E-state index in [1.54, 1.807) is 6.26 Å². The fourth-order valence-electron chi connectivity index (χ4n) is 5.26. The molecule has 1 unspecified atom stereocenters. The highest BCUT2D eigenvalue weighted by Crippen LogP contribution is 2.33. The van der Waals surface area contributed by atoms with Crippen molar-refractivity contribution in [2.75, 3.05) is 27.2 Å². The quantitative estimate of drug-likeness (QED) is 0.495. The van der Waals surface area contributed by atoms with Gasteiger partial charge in [0.2, 0.25) is 5.91 Å². The Kier molecular flexibility index (Phi) is 6.93. The summed E-state index contributed by atoms with van der Waals surface area (Å²) in [7, 11) is 4.15. The molecule has 32 heavy (non-hydrogen) atoms. The molecule has 1 aliphatic carbocycles. The fraction of sp³-hybridized carbons (Fsp3) is 0.680. The van der Waals surface area contributed by atoms with Crippen molar-refractivity contribution in [1.82, 2.24) is 19.7 Å². The van der Waals surface area contributed by atoms with E-state index in [2.05, 4.69) is 24.3 Å². The lowest BCUT2D eigenvalue weighted by molar-refractivity contribution is -0.133. The molecule has 1 aliphatic heterocycles. The van der Waals surface area contributed by atoms with Gasteiger partial charge >= 0.3 is 0 Å². The average Bonchev–Trinajstić information content (AvgIpc) is 3.24. The zero-order valence-electron chi connectivity index (χ0n) is 19.9. The molecule has 0 spiro atoms. The Bertz CT molecular complexity index is 938. The third-order valence-corrected chi connectivity index (χ3v) is 7.22. The first-order valence-electron chi connectivity index (χ1n) is 12.2. The molecule has 1 fully saturated rings. The lowest BCUT2D eigenvalue weighted by Crippen LogP contribution is -2.65. The monoisotopic (exact) mass is 442 g/mol. The Morgan fingerprint density at radius 1 is 1.19 bits per heavy atom. The summed E-state index contributed by atoms with van der Waals surface area (Å²) in [5.41, 5.74) is 1.29. The van der Waals surface area contributed by atoms with Crippen LogP contribution in [0.4, 0.5) is 0 Å². The number of unbranched alkanes of at least 4 members (excludes halogenated alkanes) is 2. The van der Waals surface area contributed by atoms with E-state index in [4.69, 9.17) is 4.42 Å². The van der Waals surface area contributed by atoms with E-state index < -0.39 is 5.54 Å². The van der Waals surface area contributed by atoms with Crippen molar-refractivity contribution in [3.05, 3.63) is 24.1 Å². The van der Waals surface area contributed by atoms with E-state index >= 15 is 0 Å². The van der Waals surface area contributed by atoms with Gasteiger partial charge in [0.05, 0.1) is 18.3 Å². The Morgan fingerprint density at radius 2 is 1.94 bits per heavy atom. The zero-order chi connectivity index (χ0) is 22.7. The molecule has 3 heterocycles. The van der Waals surface area contributed by atoms with E-state index in [9.17, 15) is 9.59 Å². The fourth-order valence-corrected chi connectivity index (χ4v) is 5.26. The van der Waals surface area contributed by atoms with Gasteiger partial charge in [-0.3, -0.25) is 9.59 Å². The van der Waals surface area contributed by atoms with Crippen molar-refractivity contribution in [3.8, 4) is 0 Å². The number of furan rings is 1. The molecule has 7 heteroatoms. The van der Waals surface area contributed by atoms with Crippen LogP contribution in [-0.4, -0.2) is 64.9 Å². The van der Waals surface area contributed by atoms with Gasteiger partial charge in [-0.05, 0) is 53.2 Å². The van der Waals surface area contributed by atoms with E-state index in [1.807, 2.05) is 28.5 Å². The molecule has 0 aromatic carbocycles. The number of nitrogens with zero attached hydrogens (tertiary/aromatic N) is 3. The number of nitrogens with one attached hydrogen (secondary N) is 1. The van der Waals surface area contributed by atoms with Crippen LogP contribution in [0, 0.1) is 0 Å². The predicted octanol–water partition coefficient (Wildman–Crippen LogP) is 4.02.